The molecule has 1 aromatic heterocycles. The molecule has 0 saturated carbocycles. The largest absolute Gasteiger partial charge is 0.313 e. The molecule has 0 aliphatic heterocycles. The van der Waals surface area contributed by atoms with Crippen LogP contribution in [0, 0.1) is 11.8 Å². The molecule has 2 heteroatoms. The van der Waals surface area contributed by atoms with E-state index in [-0.39, 0.29) is 0 Å². The SMILES string of the molecule is CC#CCC(CCc1cccnc1)NCC. The van der Waals surface area contributed by atoms with Crippen molar-refractivity contribution in [3.63, 3.8) is 0 Å². The quantitative estimate of drug-likeness (QED) is 0.739. The van der Waals surface area contributed by atoms with Gasteiger partial charge in [0, 0.05) is 24.9 Å². The monoisotopic (exact) mass is 216 g/mol. The first-order chi connectivity index (χ1) is 7.86. The van der Waals surface area contributed by atoms with Crippen LogP contribution in [0.2, 0.25) is 0 Å². The number of nitrogens with zero attached hydrogens (tertiary/aromatic N) is 1. The molecule has 1 N–H and O–H groups in total. The normalized spacial score (nSPS) is 11.6. The van der Waals surface area contributed by atoms with E-state index >= 15 is 0 Å². The molecule has 0 aliphatic rings. The lowest BCUT2D eigenvalue weighted by atomic mass is 10.0. The second kappa shape index (κ2) is 7.90. The van der Waals surface area contributed by atoms with Crippen LogP contribution in [-0.2, 0) is 6.42 Å². The Hall–Kier alpha value is -1.33. The third kappa shape index (κ3) is 4.95. The van der Waals surface area contributed by atoms with Gasteiger partial charge >= 0.3 is 0 Å². The van der Waals surface area contributed by atoms with Gasteiger partial charge in [0.25, 0.3) is 0 Å². The van der Waals surface area contributed by atoms with Crippen LogP contribution in [0.4, 0.5) is 0 Å². The van der Waals surface area contributed by atoms with E-state index in [0.717, 1.165) is 25.8 Å². The van der Waals surface area contributed by atoms with Gasteiger partial charge in [-0.3, -0.25) is 4.98 Å². The molecule has 0 bridgehead atoms. The maximum atomic E-state index is 4.12. The first-order valence-corrected chi connectivity index (χ1v) is 5.88. The van der Waals surface area contributed by atoms with Crippen molar-refractivity contribution in [3.05, 3.63) is 30.1 Å². The highest BCUT2D eigenvalue weighted by atomic mass is 14.9. The van der Waals surface area contributed by atoms with Crippen LogP contribution in [0.5, 0.6) is 0 Å². The summed E-state index contributed by atoms with van der Waals surface area (Å²) in [5.41, 5.74) is 1.30. The third-order valence-corrected chi connectivity index (χ3v) is 2.52. The summed E-state index contributed by atoms with van der Waals surface area (Å²) in [5.74, 6) is 6.09. The van der Waals surface area contributed by atoms with Crippen LogP contribution < -0.4 is 5.32 Å². The molecule has 16 heavy (non-hydrogen) atoms. The van der Waals surface area contributed by atoms with E-state index in [9.17, 15) is 0 Å². The van der Waals surface area contributed by atoms with Gasteiger partial charge in [0.1, 0.15) is 0 Å². The van der Waals surface area contributed by atoms with Gasteiger partial charge in [0.15, 0.2) is 0 Å². The van der Waals surface area contributed by atoms with Gasteiger partial charge in [0.05, 0.1) is 0 Å². The second-order valence-electron chi connectivity index (χ2n) is 3.79. The van der Waals surface area contributed by atoms with Crippen LogP contribution in [0.1, 0.15) is 32.3 Å². The molecule has 1 unspecified atom stereocenters. The third-order valence-electron chi connectivity index (χ3n) is 2.52. The molecule has 86 valence electrons. The van der Waals surface area contributed by atoms with E-state index in [1.807, 2.05) is 25.4 Å². The molecular formula is C14H20N2. The van der Waals surface area contributed by atoms with E-state index in [1.54, 1.807) is 0 Å². The number of aromatic nitrogens is 1. The van der Waals surface area contributed by atoms with Crippen LogP contribution in [0.25, 0.3) is 0 Å². The fourth-order valence-corrected chi connectivity index (χ4v) is 1.68. The molecule has 1 aromatic rings. The van der Waals surface area contributed by atoms with Crippen LogP contribution >= 0.6 is 0 Å². The summed E-state index contributed by atoms with van der Waals surface area (Å²) in [4.78, 5) is 4.12. The zero-order chi connectivity index (χ0) is 11.6. The lowest BCUT2D eigenvalue weighted by Gasteiger charge is -2.14. The van der Waals surface area contributed by atoms with E-state index in [0.29, 0.717) is 6.04 Å². The standard InChI is InChI=1S/C14H20N2/c1-3-5-8-14(16-4-2)10-9-13-7-6-11-15-12-13/h6-7,11-12,14,16H,4,8-10H2,1-2H3. The predicted octanol–water partition coefficient (Wildman–Crippen LogP) is 2.41. The van der Waals surface area contributed by atoms with Gasteiger partial charge in [-0.25, -0.2) is 0 Å². The minimum atomic E-state index is 0.498. The molecule has 0 fully saturated rings. The highest BCUT2D eigenvalue weighted by Gasteiger charge is 2.05. The molecule has 0 aromatic carbocycles. The number of hydrogen-bond acceptors (Lipinski definition) is 2. The number of pyridine rings is 1. The van der Waals surface area contributed by atoms with Crippen molar-refractivity contribution in [1.82, 2.24) is 10.3 Å². The Morgan fingerprint density at radius 1 is 1.50 bits per heavy atom. The fourth-order valence-electron chi connectivity index (χ4n) is 1.68. The molecule has 2 nitrogen and oxygen atoms in total. The minimum absolute atomic E-state index is 0.498. The topological polar surface area (TPSA) is 24.9 Å². The van der Waals surface area contributed by atoms with Crippen LogP contribution in [0.3, 0.4) is 0 Å². The van der Waals surface area contributed by atoms with Crippen molar-refractivity contribution in [2.45, 2.75) is 39.2 Å². The van der Waals surface area contributed by atoms with E-state index < -0.39 is 0 Å². The lowest BCUT2D eigenvalue weighted by Crippen LogP contribution is -2.28. The fraction of sp³-hybridized carbons (Fsp3) is 0.500. The Kier molecular flexibility index (Phi) is 6.29. The zero-order valence-corrected chi connectivity index (χ0v) is 10.2. The van der Waals surface area contributed by atoms with Gasteiger partial charge in [-0.15, -0.1) is 11.8 Å². The molecule has 0 amide bonds. The number of aryl methyl sites for hydroxylation is 1. The first-order valence-electron chi connectivity index (χ1n) is 5.88. The summed E-state index contributed by atoms with van der Waals surface area (Å²) in [6.45, 7) is 5.03. The van der Waals surface area contributed by atoms with Crippen molar-refractivity contribution < 1.29 is 0 Å². The number of rotatable bonds is 6. The van der Waals surface area contributed by atoms with Crippen molar-refractivity contribution in [2.75, 3.05) is 6.54 Å². The summed E-state index contributed by atoms with van der Waals surface area (Å²) in [7, 11) is 0. The number of nitrogens with one attached hydrogen (secondary N) is 1. The predicted molar refractivity (Wildman–Crippen MR) is 68.1 cm³/mol. The van der Waals surface area contributed by atoms with Crippen LogP contribution in [0.15, 0.2) is 24.5 Å². The summed E-state index contributed by atoms with van der Waals surface area (Å²) in [6.07, 6.45) is 6.87. The zero-order valence-electron chi connectivity index (χ0n) is 10.2. The van der Waals surface area contributed by atoms with Gasteiger partial charge in [0.2, 0.25) is 0 Å². The second-order valence-corrected chi connectivity index (χ2v) is 3.79. The van der Waals surface area contributed by atoms with Crippen LogP contribution in [-0.4, -0.2) is 17.6 Å². The van der Waals surface area contributed by atoms with Gasteiger partial charge in [-0.2, -0.15) is 0 Å². The molecule has 1 rings (SSSR count). The molecule has 0 radical (unpaired) electrons. The van der Waals surface area contributed by atoms with Crippen molar-refractivity contribution in [2.24, 2.45) is 0 Å². The Morgan fingerprint density at radius 2 is 2.38 bits per heavy atom. The maximum absolute atomic E-state index is 4.12. The molecule has 0 aliphatic carbocycles. The summed E-state index contributed by atoms with van der Waals surface area (Å²) < 4.78 is 0. The lowest BCUT2D eigenvalue weighted by molar-refractivity contribution is 0.503. The van der Waals surface area contributed by atoms with Crippen molar-refractivity contribution >= 4 is 0 Å². The summed E-state index contributed by atoms with van der Waals surface area (Å²) >= 11 is 0. The Bertz CT molecular complexity index is 335. The highest BCUT2D eigenvalue weighted by Crippen LogP contribution is 2.05. The minimum Gasteiger partial charge on any atom is -0.313 e. The Labute approximate surface area is 98.5 Å². The van der Waals surface area contributed by atoms with Gasteiger partial charge < -0.3 is 5.32 Å². The van der Waals surface area contributed by atoms with Crippen molar-refractivity contribution in [1.29, 1.82) is 0 Å². The Morgan fingerprint density at radius 3 is 3.00 bits per heavy atom. The molecule has 0 spiro atoms. The molecule has 1 atom stereocenters. The van der Waals surface area contributed by atoms with E-state index in [2.05, 4.69) is 35.1 Å². The summed E-state index contributed by atoms with van der Waals surface area (Å²) in [5, 5.41) is 3.46. The highest BCUT2D eigenvalue weighted by molar-refractivity contribution is 5.09. The first kappa shape index (κ1) is 12.7. The summed E-state index contributed by atoms with van der Waals surface area (Å²) in [6, 6.07) is 4.61. The number of hydrogen-bond donors (Lipinski definition) is 1. The molecule has 1 heterocycles. The average Bonchev–Trinajstić information content (AvgIpc) is 2.34. The average molecular weight is 216 g/mol. The smallest absolute Gasteiger partial charge is 0.0299 e. The van der Waals surface area contributed by atoms with Gasteiger partial charge in [-0.1, -0.05) is 13.0 Å². The maximum Gasteiger partial charge on any atom is 0.0299 e. The molecule has 0 saturated heterocycles. The van der Waals surface area contributed by atoms with Crippen molar-refractivity contribution in [3.8, 4) is 11.8 Å². The van der Waals surface area contributed by atoms with Gasteiger partial charge in [-0.05, 0) is 37.9 Å². The van der Waals surface area contributed by atoms with E-state index in [1.165, 1.54) is 5.56 Å². The Balaban J connectivity index is 2.39. The van der Waals surface area contributed by atoms with E-state index in [4.69, 9.17) is 0 Å². The molecular weight excluding hydrogens is 196 g/mol.